The van der Waals surface area contributed by atoms with E-state index in [2.05, 4.69) is 13.8 Å². The Morgan fingerprint density at radius 1 is 1.17 bits per heavy atom. The number of hydrogen-bond donors (Lipinski definition) is 0. The first-order valence-corrected chi connectivity index (χ1v) is 7.30. The van der Waals surface area contributed by atoms with Crippen LogP contribution in [0.2, 0.25) is 0 Å². The highest BCUT2D eigenvalue weighted by atomic mass is 35.5. The molecule has 108 valence electrons. The molecule has 0 unspecified atom stereocenters. The summed E-state index contributed by atoms with van der Waals surface area (Å²) in [5.41, 5.74) is -0.612. The monoisotopic (exact) mass is 336 g/mol. The first kappa shape index (κ1) is 18.6. The molecule has 0 aliphatic rings. The fraction of sp³-hybridized carbons (Fsp3) is 0.917. The average molecular weight is 338 g/mol. The lowest BCUT2D eigenvalue weighted by atomic mass is 9.81. The quantitative estimate of drug-likeness (QED) is 0.484. The number of alkyl halides is 4. The Morgan fingerprint density at radius 3 is 1.94 bits per heavy atom. The molecule has 0 atom stereocenters. The van der Waals surface area contributed by atoms with Crippen molar-refractivity contribution in [1.29, 1.82) is 0 Å². The van der Waals surface area contributed by atoms with E-state index in [4.69, 9.17) is 51.1 Å². The van der Waals surface area contributed by atoms with E-state index in [9.17, 15) is 4.79 Å². The van der Waals surface area contributed by atoms with Gasteiger partial charge >= 0.3 is 5.97 Å². The molecule has 0 aromatic rings. The molecule has 0 N–H and O–H groups in total. The van der Waals surface area contributed by atoms with Crippen LogP contribution in [0.3, 0.4) is 0 Å². The molecule has 18 heavy (non-hydrogen) atoms. The normalized spacial score (nSPS) is 13.9. The van der Waals surface area contributed by atoms with Crippen LogP contribution in [0.15, 0.2) is 0 Å². The van der Waals surface area contributed by atoms with Crippen molar-refractivity contribution in [2.45, 2.75) is 56.3 Å². The highest BCUT2D eigenvalue weighted by molar-refractivity contribution is 6.62. The fourth-order valence-electron chi connectivity index (χ4n) is 1.45. The molecule has 0 amide bonds. The van der Waals surface area contributed by atoms with Gasteiger partial charge in [0.2, 0.25) is 0 Å². The molecule has 0 saturated heterocycles. The Kier molecular flexibility index (Phi) is 6.61. The van der Waals surface area contributed by atoms with Gasteiger partial charge in [0.05, 0.1) is 0 Å². The van der Waals surface area contributed by atoms with Gasteiger partial charge in [0, 0.05) is 12.3 Å². The van der Waals surface area contributed by atoms with Gasteiger partial charge < -0.3 is 4.74 Å². The smallest absolute Gasteiger partial charge is 0.305 e. The van der Waals surface area contributed by atoms with E-state index in [1.807, 2.05) is 13.8 Å². The number of rotatable bonds is 6. The van der Waals surface area contributed by atoms with Crippen molar-refractivity contribution >= 4 is 52.4 Å². The SMILES string of the molecule is CC(=O)OC(Cl)(Cl)C(Cl)(Cl)C(C)(C)CCC(C)C. The van der Waals surface area contributed by atoms with Crippen molar-refractivity contribution < 1.29 is 9.53 Å². The highest BCUT2D eigenvalue weighted by Crippen LogP contribution is 2.56. The Morgan fingerprint density at radius 2 is 1.61 bits per heavy atom. The van der Waals surface area contributed by atoms with Crippen LogP contribution in [-0.4, -0.2) is 14.8 Å². The van der Waals surface area contributed by atoms with Crippen LogP contribution in [0.4, 0.5) is 0 Å². The molecule has 0 aliphatic heterocycles. The summed E-state index contributed by atoms with van der Waals surface area (Å²) in [6, 6.07) is 0. The molecule has 0 radical (unpaired) electrons. The van der Waals surface area contributed by atoms with Gasteiger partial charge in [-0.1, -0.05) is 80.5 Å². The van der Waals surface area contributed by atoms with Crippen molar-refractivity contribution in [3.8, 4) is 0 Å². The molecule has 0 rings (SSSR count). The molecule has 0 saturated carbocycles. The maximum atomic E-state index is 11.0. The van der Waals surface area contributed by atoms with Crippen molar-refractivity contribution in [3.05, 3.63) is 0 Å². The average Bonchev–Trinajstić information content (AvgIpc) is 2.12. The Hall–Kier alpha value is 0.630. The predicted octanol–water partition coefficient (Wildman–Crippen LogP) is 5.32. The summed E-state index contributed by atoms with van der Waals surface area (Å²) in [7, 11) is 0. The highest BCUT2D eigenvalue weighted by Gasteiger charge is 2.59. The van der Waals surface area contributed by atoms with E-state index in [-0.39, 0.29) is 0 Å². The van der Waals surface area contributed by atoms with E-state index in [1.165, 1.54) is 6.92 Å². The molecule has 6 heteroatoms. The third kappa shape index (κ3) is 4.63. The van der Waals surface area contributed by atoms with Gasteiger partial charge in [0.1, 0.15) is 0 Å². The van der Waals surface area contributed by atoms with E-state index in [0.29, 0.717) is 12.3 Å². The minimum absolute atomic E-state index is 0.502. The van der Waals surface area contributed by atoms with Crippen molar-refractivity contribution in [2.24, 2.45) is 11.3 Å². The summed E-state index contributed by atoms with van der Waals surface area (Å²) >= 11 is 24.5. The molecule has 2 nitrogen and oxygen atoms in total. The van der Waals surface area contributed by atoms with Crippen LogP contribution in [-0.2, 0) is 9.53 Å². The fourth-order valence-corrected chi connectivity index (χ4v) is 2.44. The van der Waals surface area contributed by atoms with Gasteiger partial charge in [-0.15, -0.1) is 0 Å². The minimum Gasteiger partial charge on any atom is -0.426 e. The summed E-state index contributed by atoms with van der Waals surface area (Å²) in [5, 5.41) is 0. The zero-order valence-corrected chi connectivity index (χ0v) is 14.3. The van der Waals surface area contributed by atoms with Crippen molar-refractivity contribution in [1.82, 2.24) is 0 Å². The molecule has 0 aromatic heterocycles. The molecule has 0 aliphatic carbocycles. The van der Waals surface area contributed by atoms with Gasteiger partial charge in [-0.2, -0.15) is 0 Å². The summed E-state index contributed by atoms with van der Waals surface area (Å²) in [6.07, 6.45) is 1.62. The Labute approximate surface area is 129 Å². The largest absolute Gasteiger partial charge is 0.426 e. The lowest BCUT2D eigenvalue weighted by Gasteiger charge is -2.43. The van der Waals surface area contributed by atoms with E-state index >= 15 is 0 Å². The molecule has 0 bridgehead atoms. The number of halogens is 4. The second-order valence-corrected chi connectivity index (χ2v) is 8.09. The second kappa shape index (κ2) is 6.39. The molecular formula is C12H20Cl4O2. The van der Waals surface area contributed by atoms with E-state index < -0.39 is 20.2 Å². The zero-order chi connectivity index (χ0) is 14.8. The van der Waals surface area contributed by atoms with Crippen LogP contribution in [0.1, 0.15) is 47.5 Å². The maximum Gasteiger partial charge on any atom is 0.305 e. The molecular weight excluding hydrogens is 318 g/mol. The topological polar surface area (TPSA) is 26.3 Å². The summed E-state index contributed by atoms with van der Waals surface area (Å²) in [5.74, 6) is -0.132. The molecule has 0 heterocycles. The number of carbonyl (C=O) groups excluding carboxylic acids is 1. The number of esters is 1. The van der Waals surface area contributed by atoms with Gasteiger partial charge in [-0.05, 0) is 12.3 Å². The lowest BCUT2D eigenvalue weighted by Crippen LogP contribution is -2.50. The first-order valence-electron chi connectivity index (χ1n) is 5.78. The number of hydrogen-bond acceptors (Lipinski definition) is 2. The minimum atomic E-state index is -1.98. The molecule has 0 aromatic carbocycles. The standard InChI is InChI=1S/C12H20Cl4O2/c1-8(2)6-7-10(4,5)11(13,14)12(15,16)18-9(3)17/h8H,6-7H2,1-5H3. The second-order valence-electron chi connectivity index (χ2n) is 5.50. The van der Waals surface area contributed by atoms with E-state index in [0.717, 1.165) is 6.42 Å². The van der Waals surface area contributed by atoms with Gasteiger partial charge in [-0.25, -0.2) is 0 Å². The summed E-state index contributed by atoms with van der Waals surface area (Å²) < 4.78 is 1.23. The lowest BCUT2D eigenvalue weighted by molar-refractivity contribution is -0.146. The van der Waals surface area contributed by atoms with Crippen LogP contribution in [0.5, 0.6) is 0 Å². The van der Waals surface area contributed by atoms with Crippen molar-refractivity contribution in [3.63, 3.8) is 0 Å². The number of carbonyl (C=O) groups is 1. The van der Waals surface area contributed by atoms with Crippen LogP contribution < -0.4 is 0 Å². The van der Waals surface area contributed by atoms with Crippen LogP contribution in [0, 0.1) is 11.3 Å². The van der Waals surface area contributed by atoms with E-state index in [1.54, 1.807) is 0 Å². The Bertz CT molecular complexity index is 298. The van der Waals surface area contributed by atoms with Crippen LogP contribution >= 0.6 is 46.4 Å². The zero-order valence-electron chi connectivity index (χ0n) is 11.3. The molecule has 0 fully saturated rings. The molecule has 0 spiro atoms. The maximum absolute atomic E-state index is 11.0. The van der Waals surface area contributed by atoms with Crippen LogP contribution in [0.25, 0.3) is 0 Å². The van der Waals surface area contributed by atoms with Gasteiger partial charge in [0.25, 0.3) is 4.52 Å². The number of ether oxygens (including phenoxy) is 1. The van der Waals surface area contributed by atoms with Gasteiger partial charge in [-0.3, -0.25) is 4.79 Å². The summed E-state index contributed by atoms with van der Waals surface area (Å²) in [4.78, 5) is 11.0. The first-order chi connectivity index (χ1) is 7.83. The van der Waals surface area contributed by atoms with Gasteiger partial charge in [0.15, 0.2) is 4.33 Å². The Balaban J connectivity index is 5.02. The van der Waals surface area contributed by atoms with Crippen molar-refractivity contribution in [2.75, 3.05) is 0 Å². The third-order valence-corrected chi connectivity index (χ3v) is 5.50. The predicted molar refractivity (Wildman–Crippen MR) is 78.5 cm³/mol. The summed E-state index contributed by atoms with van der Waals surface area (Å²) in [6.45, 7) is 9.09. The third-order valence-electron chi connectivity index (χ3n) is 2.83.